The van der Waals surface area contributed by atoms with Gasteiger partial charge in [-0.3, -0.25) is 4.57 Å². The first kappa shape index (κ1) is 23.3. The smallest absolute Gasteiger partial charge is 0.302 e. The van der Waals surface area contributed by atoms with Crippen LogP contribution in [0.15, 0.2) is 46.9 Å². The average Bonchev–Trinajstić information content (AvgIpc) is 2.98. The molecule has 0 bridgehead atoms. The highest BCUT2D eigenvalue weighted by Crippen LogP contribution is 2.65. The predicted molar refractivity (Wildman–Crippen MR) is 124 cm³/mol. The highest BCUT2D eigenvalue weighted by Gasteiger charge is 2.36. The van der Waals surface area contributed by atoms with Crippen molar-refractivity contribution >= 4 is 56.3 Å². The average molecular weight is 515 g/mol. The Balaban J connectivity index is 2.28. The molecule has 1 heterocycles. The largest absolute Gasteiger partial charge is 0.363 e. The van der Waals surface area contributed by atoms with Crippen LogP contribution in [0.2, 0.25) is 0 Å². The standard InChI is InChI=1S/C22H22BrF2O3PS/c1-13(2)27-29(26,28-14(3)4)19(12-15-9-10-17(24)18(25)11-15)22-21(23)16-7-5-6-8-20(16)30-22/h5-14H,1-4H3/b19-12-. The van der Waals surface area contributed by atoms with Gasteiger partial charge in [0.05, 0.1) is 22.4 Å². The first-order valence-corrected chi connectivity index (χ1v) is 12.6. The Bertz CT molecular complexity index is 1130. The highest BCUT2D eigenvalue weighted by molar-refractivity contribution is 9.10. The van der Waals surface area contributed by atoms with Gasteiger partial charge in [0.1, 0.15) is 0 Å². The van der Waals surface area contributed by atoms with Gasteiger partial charge in [-0.05, 0) is 73.5 Å². The fourth-order valence-electron chi connectivity index (χ4n) is 2.90. The molecule has 0 unspecified atom stereocenters. The summed E-state index contributed by atoms with van der Waals surface area (Å²) in [5, 5.41) is 1.25. The maximum absolute atomic E-state index is 14.0. The maximum Gasteiger partial charge on any atom is 0.363 e. The van der Waals surface area contributed by atoms with Gasteiger partial charge in [-0.1, -0.05) is 24.3 Å². The number of benzene rings is 2. The Labute approximate surface area is 187 Å². The SMILES string of the molecule is CC(C)OP(=O)(OC(C)C)/C(=C\c1ccc(F)c(F)c1)c1sc2ccccc2c1Br. The molecule has 3 nitrogen and oxygen atoms in total. The summed E-state index contributed by atoms with van der Waals surface area (Å²) in [7, 11) is -3.81. The van der Waals surface area contributed by atoms with Gasteiger partial charge in [-0.15, -0.1) is 11.3 Å². The van der Waals surface area contributed by atoms with Gasteiger partial charge < -0.3 is 9.05 Å². The first-order valence-electron chi connectivity index (χ1n) is 9.42. The molecule has 0 amide bonds. The van der Waals surface area contributed by atoms with Crippen molar-refractivity contribution in [3.63, 3.8) is 0 Å². The summed E-state index contributed by atoms with van der Waals surface area (Å²) in [6, 6.07) is 11.3. The summed E-state index contributed by atoms with van der Waals surface area (Å²) in [6.45, 7) is 7.08. The molecule has 160 valence electrons. The molecule has 30 heavy (non-hydrogen) atoms. The van der Waals surface area contributed by atoms with Gasteiger partial charge in [0.2, 0.25) is 0 Å². The van der Waals surface area contributed by atoms with E-state index in [2.05, 4.69) is 15.9 Å². The van der Waals surface area contributed by atoms with E-state index < -0.39 is 19.2 Å². The number of rotatable bonds is 7. The minimum absolute atomic E-state index is 0.295. The van der Waals surface area contributed by atoms with Crippen molar-refractivity contribution in [2.45, 2.75) is 39.9 Å². The van der Waals surface area contributed by atoms with Crippen LogP contribution in [0.1, 0.15) is 38.1 Å². The molecule has 3 rings (SSSR count). The monoisotopic (exact) mass is 514 g/mol. The lowest BCUT2D eigenvalue weighted by Gasteiger charge is -2.25. The van der Waals surface area contributed by atoms with Gasteiger partial charge >= 0.3 is 7.60 Å². The fraction of sp³-hybridized carbons (Fsp3) is 0.273. The zero-order chi connectivity index (χ0) is 22.1. The lowest BCUT2D eigenvalue weighted by atomic mass is 10.2. The Hall–Kier alpha value is -1.37. The molecule has 0 fully saturated rings. The Morgan fingerprint density at radius 2 is 1.67 bits per heavy atom. The molecule has 3 aromatic rings. The minimum atomic E-state index is -3.81. The van der Waals surface area contributed by atoms with Gasteiger partial charge in [0.15, 0.2) is 11.6 Å². The lowest BCUT2D eigenvalue weighted by Crippen LogP contribution is -2.09. The molecule has 0 radical (unpaired) electrons. The summed E-state index contributed by atoms with van der Waals surface area (Å²) in [5.74, 6) is -1.93. The topological polar surface area (TPSA) is 35.5 Å². The van der Waals surface area contributed by atoms with Crippen molar-refractivity contribution in [1.29, 1.82) is 0 Å². The quantitative estimate of drug-likeness (QED) is 0.296. The molecule has 0 saturated carbocycles. The van der Waals surface area contributed by atoms with Crippen molar-refractivity contribution in [1.82, 2.24) is 0 Å². The van der Waals surface area contributed by atoms with E-state index in [0.29, 0.717) is 15.8 Å². The Morgan fingerprint density at radius 3 is 2.23 bits per heavy atom. The van der Waals surface area contributed by atoms with Crippen molar-refractivity contribution in [3.8, 4) is 0 Å². The summed E-state index contributed by atoms with van der Waals surface area (Å²) in [5.41, 5.74) is 0.355. The van der Waals surface area contributed by atoms with E-state index in [1.165, 1.54) is 17.4 Å². The second kappa shape index (κ2) is 9.41. The maximum atomic E-state index is 14.0. The third-order valence-electron chi connectivity index (χ3n) is 4.01. The van der Waals surface area contributed by atoms with Crippen LogP contribution in [0, 0.1) is 11.6 Å². The molecule has 1 aromatic heterocycles. The van der Waals surface area contributed by atoms with Crippen LogP contribution in [0.4, 0.5) is 8.78 Å². The Kier molecular flexibility index (Phi) is 7.31. The fourth-order valence-corrected chi connectivity index (χ4v) is 7.52. The van der Waals surface area contributed by atoms with Gasteiger partial charge in [-0.25, -0.2) is 8.78 Å². The number of halogens is 3. The molecule has 0 aliphatic rings. The van der Waals surface area contributed by atoms with Crippen LogP contribution in [-0.4, -0.2) is 12.2 Å². The summed E-state index contributed by atoms with van der Waals surface area (Å²) in [6.07, 6.45) is 0.788. The second-order valence-corrected chi connectivity index (χ2v) is 11.0. The third-order valence-corrected chi connectivity index (χ3v) is 8.79. The van der Waals surface area contributed by atoms with Crippen LogP contribution < -0.4 is 0 Å². The Morgan fingerprint density at radius 1 is 1.03 bits per heavy atom. The first-order chi connectivity index (χ1) is 14.1. The van der Waals surface area contributed by atoms with Crippen LogP contribution in [0.3, 0.4) is 0 Å². The third kappa shape index (κ3) is 5.09. The predicted octanol–water partition coefficient (Wildman–Crippen LogP) is 8.48. The number of fused-ring (bicyclic) bond motifs is 1. The van der Waals surface area contributed by atoms with Crippen LogP contribution in [-0.2, 0) is 13.6 Å². The van der Waals surface area contributed by atoms with Crippen molar-refractivity contribution in [2.24, 2.45) is 0 Å². The molecular weight excluding hydrogens is 493 g/mol. The zero-order valence-corrected chi connectivity index (χ0v) is 20.3. The summed E-state index contributed by atoms with van der Waals surface area (Å²) >= 11 is 5.04. The van der Waals surface area contributed by atoms with E-state index in [0.717, 1.165) is 26.7 Å². The molecule has 8 heteroatoms. The minimum Gasteiger partial charge on any atom is -0.302 e. The lowest BCUT2D eigenvalue weighted by molar-refractivity contribution is 0.151. The van der Waals surface area contributed by atoms with Gasteiger partial charge in [0.25, 0.3) is 0 Å². The number of thiophene rings is 1. The number of hydrogen-bond acceptors (Lipinski definition) is 4. The van der Waals surface area contributed by atoms with Crippen LogP contribution in [0.25, 0.3) is 21.5 Å². The van der Waals surface area contributed by atoms with Gasteiger partial charge in [-0.2, -0.15) is 0 Å². The molecule has 0 aliphatic heterocycles. The van der Waals surface area contributed by atoms with E-state index >= 15 is 0 Å². The van der Waals surface area contributed by atoms with E-state index in [9.17, 15) is 13.3 Å². The molecule has 2 aromatic carbocycles. The normalized spacial score (nSPS) is 13.0. The molecular formula is C22H22BrF2O3PS. The summed E-state index contributed by atoms with van der Waals surface area (Å²) < 4.78 is 54.7. The van der Waals surface area contributed by atoms with Crippen molar-refractivity contribution in [3.05, 3.63) is 69.0 Å². The van der Waals surface area contributed by atoms with E-state index in [4.69, 9.17) is 9.05 Å². The van der Waals surface area contributed by atoms with Crippen LogP contribution >= 0.6 is 34.9 Å². The molecule has 0 saturated heterocycles. The van der Waals surface area contributed by atoms with Crippen molar-refractivity contribution in [2.75, 3.05) is 0 Å². The van der Waals surface area contributed by atoms with Crippen LogP contribution in [0.5, 0.6) is 0 Å². The van der Waals surface area contributed by atoms with Crippen molar-refractivity contribution < 1.29 is 22.4 Å². The number of hydrogen-bond donors (Lipinski definition) is 0. The van der Waals surface area contributed by atoms with Gasteiger partial charge in [0, 0.05) is 14.6 Å². The summed E-state index contributed by atoms with van der Waals surface area (Å²) in [4.78, 5) is 0.658. The molecule has 0 aliphatic carbocycles. The highest BCUT2D eigenvalue weighted by atomic mass is 79.9. The molecule has 0 N–H and O–H groups in total. The van der Waals surface area contributed by atoms with E-state index in [-0.39, 0.29) is 12.2 Å². The van der Waals surface area contributed by atoms with E-state index in [1.54, 1.807) is 33.8 Å². The van der Waals surface area contributed by atoms with E-state index in [1.807, 2.05) is 24.3 Å². The molecule has 0 spiro atoms. The zero-order valence-electron chi connectivity index (χ0n) is 17.0. The second-order valence-electron chi connectivity index (χ2n) is 7.25. The molecule has 0 atom stereocenters.